The van der Waals surface area contributed by atoms with E-state index in [1.807, 2.05) is 6.07 Å². The number of hydrogen-bond acceptors (Lipinski definition) is 4. The zero-order valence-corrected chi connectivity index (χ0v) is 16.9. The minimum Gasteiger partial charge on any atom is -0.352 e. The van der Waals surface area contributed by atoms with Gasteiger partial charge in [0, 0.05) is 28.4 Å². The topological polar surface area (TPSA) is 87.3 Å². The van der Waals surface area contributed by atoms with Gasteiger partial charge >= 0.3 is 0 Å². The minimum absolute atomic E-state index is 0.0561. The summed E-state index contributed by atoms with van der Waals surface area (Å²) < 4.78 is 0. The highest BCUT2D eigenvalue weighted by molar-refractivity contribution is 7.14. The highest BCUT2D eigenvalue weighted by Gasteiger charge is 2.17. The van der Waals surface area contributed by atoms with Crippen LogP contribution in [0.1, 0.15) is 56.2 Å². The third-order valence-corrected chi connectivity index (χ3v) is 6.02. The quantitative estimate of drug-likeness (QED) is 0.513. The van der Waals surface area contributed by atoms with E-state index in [4.69, 9.17) is 11.6 Å². The lowest BCUT2D eigenvalue weighted by molar-refractivity contribution is -0.121. The smallest absolute Gasteiger partial charge is 0.279 e. The average Bonchev–Trinajstić information content (AvgIpc) is 2.97. The molecule has 1 aromatic carbocycles. The van der Waals surface area contributed by atoms with E-state index in [1.54, 1.807) is 24.3 Å². The Balaban J connectivity index is 1.40. The van der Waals surface area contributed by atoms with Gasteiger partial charge in [-0.1, -0.05) is 18.0 Å². The molecule has 3 N–H and O–H groups in total. The van der Waals surface area contributed by atoms with Crippen LogP contribution in [0.4, 0.5) is 0 Å². The highest BCUT2D eigenvalue weighted by atomic mass is 35.5. The number of hydrogen-bond donors (Lipinski definition) is 3. The van der Waals surface area contributed by atoms with Crippen LogP contribution in [-0.2, 0) is 17.6 Å². The lowest BCUT2D eigenvalue weighted by atomic mass is 10.1. The summed E-state index contributed by atoms with van der Waals surface area (Å²) in [6, 6.07) is 8.41. The van der Waals surface area contributed by atoms with Gasteiger partial charge in [-0.15, -0.1) is 11.3 Å². The first-order valence-electron chi connectivity index (χ1n) is 9.27. The number of carbonyl (C=O) groups is 3. The van der Waals surface area contributed by atoms with Gasteiger partial charge < -0.3 is 5.32 Å². The van der Waals surface area contributed by atoms with E-state index in [1.165, 1.54) is 28.2 Å². The molecule has 0 saturated carbocycles. The van der Waals surface area contributed by atoms with Crippen LogP contribution < -0.4 is 16.2 Å². The van der Waals surface area contributed by atoms with Crippen molar-refractivity contribution in [1.29, 1.82) is 0 Å². The molecule has 0 radical (unpaired) electrons. The molecular weight excluding hydrogens is 398 g/mol. The fourth-order valence-corrected chi connectivity index (χ4v) is 4.30. The normalized spacial score (nSPS) is 13.2. The minimum atomic E-state index is -0.372. The van der Waals surface area contributed by atoms with Crippen molar-refractivity contribution < 1.29 is 14.4 Å². The summed E-state index contributed by atoms with van der Waals surface area (Å²) in [5.41, 5.74) is 6.56. The molecule has 0 spiro atoms. The third-order valence-electron chi connectivity index (χ3n) is 4.53. The number of halogens is 1. The Hall–Kier alpha value is -2.38. The van der Waals surface area contributed by atoms with E-state index in [0.29, 0.717) is 15.5 Å². The lowest BCUT2D eigenvalue weighted by Gasteiger charge is -2.07. The van der Waals surface area contributed by atoms with E-state index >= 15 is 0 Å². The molecule has 8 heteroatoms. The Bertz CT molecular complexity index is 841. The van der Waals surface area contributed by atoms with Crippen LogP contribution in [0.3, 0.4) is 0 Å². The van der Waals surface area contributed by atoms with Gasteiger partial charge in [0.1, 0.15) is 0 Å². The molecule has 148 valence electrons. The van der Waals surface area contributed by atoms with E-state index in [-0.39, 0.29) is 30.7 Å². The first kappa shape index (κ1) is 20.4. The van der Waals surface area contributed by atoms with Crippen molar-refractivity contribution in [2.45, 2.75) is 38.5 Å². The number of hydrazine groups is 1. The second-order valence-electron chi connectivity index (χ2n) is 6.63. The molecule has 1 aliphatic rings. The molecule has 0 fully saturated rings. The summed E-state index contributed by atoms with van der Waals surface area (Å²) in [6.45, 7) is 0.163. The van der Waals surface area contributed by atoms with Crippen molar-refractivity contribution in [3.8, 4) is 0 Å². The van der Waals surface area contributed by atoms with E-state index in [2.05, 4.69) is 16.2 Å². The second kappa shape index (κ2) is 9.71. The first-order valence-corrected chi connectivity index (χ1v) is 10.5. The number of thiophene rings is 1. The Kier molecular flexibility index (Phi) is 7.06. The first-order chi connectivity index (χ1) is 13.5. The summed E-state index contributed by atoms with van der Waals surface area (Å²) in [6.07, 6.45) is 5.64. The number of nitrogens with one attached hydrogen (secondary N) is 3. The van der Waals surface area contributed by atoms with Crippen molar-refractivity contribution in [1.82, 2.24) is 16.2 Å². The highest BCUT2D eigenvalue weighted by Crippen LogP contribution is 2.28. The Morgan fingerprint density at radius 3 is 2.50 bits per heavy atom. The van der Waals surface area contributed by atoms with Crippen LogP contribution in [0, 0.1) is 0 Å². The van der Waals surface area contributed by atoms with Crippen LogP contribution in [-0.4, -0.2) is 24.3 Å². The number of rotatable bonds is 5. The maximum absolute atomic E-state index is 12.3. The van der Waals surface area contributed by atoms with Crippen molar-refractivity contribution in [3.63, 3.8) is 0 Å². The van der Waals surface area contributed by atoms with Crippen LogP contribution in [0.25, 0.3) is 0 Å². The fraction of sp³-hybridized carbons (Fsp3) is 0.350. The summed E-state index contributed by atoms with van der Waals surface area (Å²) in [7, 11) is 0. The zero-order valence-electron chi connectivity index (χ0n) is 15.3. The molecule has 1 heterocycles. The number of carbonyl (C=O) groups excluding carboxylic acids is 3. The molecule has 0 atom stereocenters. The van der Waals surface area contributed by atoms with Crippen molar-refractivity contribution in [2.24, 2.45) is 0 Å². The Labute approximate surface area is 172 Å². The van der Waals surface area contributed by atoms with Gasteiger partial charge in [0.15, 0.2) is 0 Å². The second-order valence-corrected chi connectivity index (χ2v) is 8.21. The fourth-order valence-electron chi connectivity index (χ4n) is 3.02. The van der Waals surface area contributed by atoms with E-state index < -0.39 is 0 Å². The molecule has 1 aromatic heterocycles. The molecular formula is C20H22ClN3O3S. The molecule has 3 rings (SSSR count). The van der Waals surface area contributed by atoms with Crippen LogP contribution in [0.15, 0.2) is 30.3 Å². The van der Waals surface area contributed by atoms with Crippen LogP contribution >= 0.6 is 22.9 Å². The van der Waals surface area contributed by atoms with Crippen molar-refractivity contribution in [2.75, 3.05) is 6.54 Å². The predicted octanol–water partition coefficient (Wildman–Crippen LogP) is 3.25. The summed E-state index contributed by atoms with van der Waals surface area (Å²) in [4.78, 5) is 38.0. The number of benzene rings is 1. The van der Waals surface area contributed by atoms with Crippen molar-refractivity contribution >= 4 is 40.7 Å². The maximum Gasteiger partial charge on any atom is 0.279 e. The molecule has 6 nitrogen and oxygen atoms in total. The molecule has 0 saturated heterocycles. The Morgan fingerprint density at radius 2 is 1.71 bits per heavy atom. The monoisotopic (exact) mass is 419 g/mol. The van der Waals surface area contributed by atoms with Gasteiger partial charge in [-0.2, -0.15) is 0 Å². The lowest BCUT2D eigenvalue weighted by Crippen LogP contribution is -2.42. The zero-order chi connectivity index (χ0) is 19.9. The SMILES string of the molecule is O=C(CCNC(=O)c1ccc(Cl)cc1)NNC(=O)c1cc2c(s1)CCCCC2. The largest absolute Gasteiger partial charge is 0.352 e. The van der Waals surface area contributed by atoms with Gasteiger partial charge in [0.05, 0.1) is 4.88 Å². The number of aryl methyl sites for hydroxylation is 2. The predicted molar refractivity (Wildman–Crippen MR) is 110 cm³/mol. The number of amides is 3. The molecule has 0 aliphatic heterocycles. The third kappa shape index (κ3) is 5.56. The molecule has 2 aromatic rings. The Morgan fingerprint density at radius 1 is 0.964 bits per heavy atom. The molecule has 28 heavy (non-hydrogen) atoms. The van der Waals surface area contributed by atoms with E-state index in [0.717, 1.165) is 25.7 Å². The number of fused-ring (bicyclic) bond motifs is 1. The van der Waals surface area contributed by atoms with Crippen LogP contribution in [0.5, 0.6) is 0 Å². The van der Waals surface area contributed by atoms with Crippen molar-refractivity contribution in [3.05, 3.63) is 56.2 Å². The molecule has 0 bridgehead atoms. The van der Waals surface area contributed by atoms with Gasteiger partial charge in [0.2, 0.25) is 5.91 Å². The van der Waals surface area contributed by atoms with E-state index in [9.17, 15) is 14.4 Å². The van der Waals surface area contributed by atoms with Gasteiger partial charge in [-0.3, -0.25) is 25.2 Å². The van der Waals surface area contributed by atoms with Gasteiger partial charge in [-0.05, 0) is 61.6 Å². The molecule has 1 aliphatic carbocycles. The average molecular weight is 420 g/mol. The summed E-state index contributed by atoms with van der Waals surface area (Å²) in [5.74, 6) is -0.965. The maximum atomic E-state index is 12.3. The van der Waals surface area contributed by atoms with Gasteiger partial charge in [-0.25, -0.2) is 0 Å². The molecule has 0 unspecified atom stereocenters. The van der Waals surface area contributed by atoms with Gasteiger partial charge in [0.25, 0.3) is 11.8 Å². The molecule has 3 amide bonds. The summed E-state index contributed by atoms with van der Waals surface area (Å²) >= 11 is 7.28. The standard InChI is InChI=1S/C20H22ClN3O3S/c21-15-8-6-13(7-9-15)19(26)22-11-10-18(25)23-24-20(27)17-12-14-4-2-1-3-5-16(14)28-17/h6-9,12H,1-5,10-11H2,(H,22,26)(H,23,25)(H,24,27). The van der Waals surface area contributed by atoms with Crippen LogP contribution in [0.2, 0.25) is 5.02 Å². The summed E-state index contributed by atoms with van der Waals surface area (Å²) in [5, 5.41) is 3.20.